The number of ether oxygens (including phenoxy) is 1. The topological polar surface area (TPSA) is 77.3 Å². The van der Waals surface area contributed by atoms with E-state index in [2.05, 4.69) is 45.2 Å². The van der Waals surface area contributed by atoms with Crippen LogP contribution in [-0.2, 0) is 0 Å². The second-order valence-electron chi connectivity index (χ2n) is 8.30. The third-order valence-corrected chi connectivity index (χ3v) is 5.94. The Morgan fingerprint density at radius 1 is 1.12 bits per heavy atom. The lowest BCUT2D eigenvalue weighted by Crippen LogP contribution is -2.49. The number of aryl methyl sites for hydroxylation is 1. The van der Waals surface area contributed by atoms with Crippen LogP contribution in [0.25, 0.3) is 10.9 Å². The Balaban J connectivity index is 1.79. The van der Waals surface area contributed by atoms with Crippen LogP contribution in [0.4, 0.5) is 21.5 Å². The number of nitrogens with zero attached hydrogens (tertiary/aromatic N) is 5. The first kappa shape index (κ1) is 21.8. The molecule has 0 amide bonds. The second kappa shape index (κ2) is 8.97. The number of anilines is 3. The zero-order chi connectivity index (χ0) is 22.8. The summed E-state index contributed by atoms with van der Waals surface area (Å²) in [4.78, 5) is 4.72. The van der Waals surface area contributed by atoms with Gasteiger partial charge in [0, 0.05) is 43.7 Å². The van der Waals surface area contributed by atoms with Crippen molar-refractivity contribution in [3.8, 4) is 11.8 Å². The summed E-state index contributed by atoms with van der Waals surface area (Å²) in [5.41, 5.74) is 3.14. The van der Waals surface area contributed by atoms with Gasteiger partial charge in [-0.05, 0) is 44.5 Å². The monoisotopic (exact) mass is 434 g/mol. The van der Waals surface area contributed by atoms with Gasteiger partial charge in [-0.25, -0.2) is 4.39 Å². The molecule has 32 heavy (non-hydrogen) atoms. The first-order chi connectivity index (χ1) is 15.4. The van der Waals surface area contributed by atoms with Crippen LogP contribution in [0.15, 0.2) is 30.3 Å². The Morgan fingerprint density at radius 2 is 1.88 bits per heavy atom. The zero-order valence-electron chi connectivity index (χ0n) is 18.8. The minimum atomic E-state index is -0.391. The Kier molecular flexibility index (Phi) is 6.10. The second-order valence-corrected chi connectivity index (χ2v) is 8.30. The van der Waals surface area contributed by atoms with E-state index < -0.39 is 5.82 Å². The number of methoxy groups -OCH3 is 1. The number of nitrogens with one attached hydrogen (secondary N) is 1. The van der Waals surface area contributed by atoms with E-state index in [1.807, 2.05) is 25.1 Å². The van der Waals surface area contributed by atoms with E-state index in [1.54, 1.807) is 13.2 Å². The number of nitriles is 1. The number of halogens is 1. The standard InChI is InChI=1S/C24H27FN6O/c1-15(2)30-7-9-31(10-8-30)22-12-17-20(13-23(22)32-4)28-29-21(14-26)24(17)27-19-6-5-16(3)11-18(19)25/h5-6,11-13,15H,7-10H2,1-4H3,(H,27,28). The molecule has 0 spiro atoms. The zero-order valence-corrected chi connectivity index (χ0v) is 18.8. The van der Waals surface area contributed by atoms with Gasteiger partial charge < -0.3 is 15.0 Å². The molecule has 1 aliphatic rings. The van der Waals surface area contributed by atoms with Crippen molar-refractivity contribution in [2.75, 3.05) is 43.5 Å². The maximum atomic E-state index is 14.5. The maximum absolute atomic E-state index is 14.5. The van der Waals surface area contributed by atoms with E-state index >= 15 is 0 Å². The normalized spacial score (nSPS) is 14.6. The number of rotatable bonds is 5. The molecule has 0 bridgehead atoms. The highest BCUT2D eigenvalue weighted by molar-refractivity contribution is 5.98. The fraction of sp³-hybridized carbons (Fsp3) is 0.375. The summed E-state index contributed by atoms with van der Waals surface area (Å²) in [5.74, 6) is 0.305. The molecule has 1 fully saturated rings. The molecule has 0 atom stereocenters. The smallest absolute Gasteiger partial charge is 0.187 e. The molecule has 1 aliphatic heterocycles. The van der Waals surface area contributed by atoms with E-state index in [9.17, 15) is 9.65 Å². The number of piperazine rings is 1. The van der Waals surface area contributed by atoms with Crippen molar-refractivity contribution in [1.29, 1.82) is 5.26 Å². The van der Waals surface area contributed by atoms with Crippen molar-refractivity contribution in [3.05, 3.63) is 47.4 Å². The highest BCUT2D eigenvalue weighted by Crippen LogP contribution is 2.37. The summed E-state index contributed by atoms with van der Waals surface area (Å²) in [6, 6.07) is 11.3. The van der Waals surface area contributed by atoms with Crippen LogP contribution < -0.4 is 15.0 Å². The predicted molar refractivity (Wildman–Crippen MR) is 124 cm³/mol. The van der Waals surface area contributed by atoms with Crippen LogP contribution in [0, 0.1) is 24.1 Å². The van der Waals surface area contributed by atoms with Crippen molar-refractivity contribution in [3.63, 3.8) is 0 Å². The van der Waals surface area contributed by atoms with Crippen LogP contribution in [0.1, 0.15) is 25.1 Å². The van der Waals surface area contributed by atoms with Crippen molar-refractivity contribution < 1.29 is 9.13 Å². The summed E-state index contributed by atoms with van der Waals surface area (Å²) < 4.78 is 20.2. The van der Waals surface area contributed by atoms with E-state index in [-0.39, 0.29) is 11.4 Å². The summed E-state index contributed by atoms with van der Waals surface area (Å²) in [5, 5.41) is 21.7. The SMILES string of the molecule is COc1cc2nnc(C#N)c(Nc3ccc(C)cc3F)c2cc1N1CCN(C(C)C)CC1. The molecular weight excluding hydrogens is 407 g/mol. The number of benzene rings is 2. The molecule has 2 heterocycles. The van der Waals surface area contributed by atoms with Gasteiger partial charge in [0.2, 0.25) is 0 Å². The van der Waals surface area contributed by atoms with E-state index in [0.29, 0.717) is 28.4 Å². The molecule has 1 saturated heterocycles. The van der Waals surface area contributed by atoms with Crippen molar-refractivity contribution >= 4 is 28.0 Å². The average molecular weight is 435 g/mol. The molecule has 0 saturated carbocycles. The highest BCUT2D eigenvalue weighted by atomic mass is 19.1. The number of fused-ring (bicyclic) bond motifs is 1. The quantitative estimate of drug-likeness (QED) is 0.644. The van der Waals surface area contributed by atoms with Crippen molar-refractivity contribution in [2.24, 2.45) is 0 Å². The third kappa shape index (κ3) is 4.16. The third-order valence-electron chi connectivity index (χ3n) is 5.94. The molecule has 166 valence electrons. The Labute approximate surface area is 187 Å². The van der Waals surface area contributed by atoms with Gasteiger partial charge in [0.1, 0.15) is 17.6 Å². The van der Waals surface area contributed by atoms with Crippen LogP contribution >= 0.6 is 0 Å². The molecule has 3 aromatic rings. The number of aromatic nitrogens is 2. The maximum Gasteiger partial charge on any atom is 0.187 e. The highest BCUT2D eigenvalue weighted by Gasteiger charge is 2.23. The summed E-state index contributed by atoms with van der Waals surface area (Å²) in [7, 11) is 1.63. The lowest BCUT2D eigenvalue weighted by atomic mass is 10.1. The fourth-order valence-corrected chi connectivity index (χ4v) is 4.07. The number of hydrogen-bond donors (Lipinski definition) is 1. The van der Waals surface area contributed by atoms with Gasteiger partial charge in [-0.1, -0.05) is 6.07 Å². The summed E-state index contributed by atoms with van der Waals surface area (Å²) >= 11 is 0. The largest absolute Gasteiger partial charge is 0.495 e. The average Bonchev–Trinajstić information content (AvgIpc) is 2.80. The van der Waals surface area contributed by atoms with E-state index in [4.69, 9.17) is 4.74 Å². The first-order valence-electron chi connectivity index (χ1n) is 10.7. The summed E-state index contributed by atoms with van der Waals surface area (Å²) in [6.07, 6.45) is 0. The van der Waals surface area contributed by atoms with Crippen molar-refractivity contribution in [2.45, 2.75) is 26.8 Å². The molecule has 1 N–H and O–H groups in total. The van der Waals surface area contributed by atoms with Gasteiger partial charge in [0.05, 0.1) is 29.7 Å². The van der Waals surface area contributed by atoms with Crippen LogP contribution in [0.2, 0.25) is 0 Å². The Morgan fingerprint density at radius 3 is 2.50 bits per heavy atom. The van der Waals surface area contributed by atoms with Gasteiger partial charge in [0.25, 0.3) is 0 Å². The van der Waals surface area contributed by atoms with Crippen LogP contribution in [-0.4, -0.2) is 54.4 Å². The number of hydrogen-bond acceptors (Lipinski definition) is 7. The first-order valence-corrected chi connectivity index (χ1v) is 10.7. The molecule has 0 radical (unpaired) electrons. The van der Waals surface area contributed by atoms with Crippen molar-refractivity contribution in [1.82, 2.24) is 15.1 Å². The van der Waals surface area contributed by atoms with Gasteiger partial charge >= 0.3 is 0 Å². The lowest BCUT2D eigenvalue weighted by molar-refractivity contribution is 0.209. The Hall–Kier alpha value is -3.44. The molecule has 0 aliphatic carbocycles. The van der Waals surface area contributed by atoms with E-state index in [1.165, 1.54) is 6.07 Å². The molecule has 7 nitrogen and oxygen atoms in total. The molecule has 0 unspecified atom stereocenters. The molecule has 1 aromatic heterocycles. The van der Waals surface area contributed by atoms with Gasteiger partial charge in [-0.3, -0.25) is 4.90 Å². The molecule has 2 aromatic carbocycles. The van der Waals surface area contributed by atoms with Gasteiger partial charge in [0.15, 0.2) is 5.69 Å². The van der Waals surface area contributed by atoms with Crippen LogP contribution in [0.5, 0.6) is 5.75 Å². The predicted octanol–water partition coefficient (Wildman–Crippen LogP) is 4.23. The lowest BCUT2D eigenvalue weighted by Gasteiger charge is -2.38. The van der Waals surface area contributed by atoms with Gasteiger partial charge in [-0.15, -0.1) is 10.2 Å². The minimum absolute atomic E-state index is 0.109. The fourth-order valence-electron chi connectivity index (χ4n) is 4.07. The summed E-state index contributed by atoms with van der Waals surface area (Å²) in [6.45, 7) is 9.87. The molecule has 4 rings (SSSR count). The van der Waals surface area contributed by atoms with Crippen LogP contribution in [0.3, 0.4) is 0 Å². The Bertz CT molecular complexity index is 1180. The van der Waals surface area contributed by atoms with Gasteiger partial charge in [-0.2, -0.15) is 5.26 Å². The molecule has 8 heteroatoms. The minimum Gasteiger partial charge on any atom is -0.495 e. The molecular formula is C24H27FN6O. The van der Waals surface area contributed by atoms with E-state index in [0.717, 1.165) is 37.4 Å².